The molecular formula is C18H15NO3S. The monoisotopic (exact) mass is 325 g/mol. The fraction of sp³-hybridized carbons (Fsp3) is 0.111. The zero-order valence-corrected chi connectivity index (χ0v) is 13.6. The van der Waals surface area contributed by atoms with Gasteiger partial charge < -0.3 is 9.40 Å². The highest BCUT2D eigenvalue weighted by molar-refractivity contribution is 7.07. The van der Waals surface area contributed by atoms with E-state index in [0.29, 0.717) is 9.20 Å². The summed E-state index contributed by atoms with van der Waals surface area (Å²) >= 11 is 1.25. The molecule has 0 spiro atoms. The van der Waals surface area contributed by atoms with E-state index in [0.717, 1.165) is 16.7 Å². The third kappa shape index (κ3) is 3.57. The standard InChI is InChI=1S/C18H15NO3S/c1-11-6-12(2)8-13(7-11)9-16-18(21)19-17(23-16)10-14(20)15-4-3-5-22-15/h3-10H,1-2H3,(H,19,21)/b16-9+,17-10-. The van der Waals surface area contributed by atoms with Crippen LogP contribution in [-0.2, 0) is 0 Å². The van der Waals surface area contributed by atoms with Crippen LogP contribution in [0.15, 0.2) is 45.8 Å². The maximum atomic E-state index is 12.1. The number of benzene rings is 1. The Hall–Kier alpha value is -2.66. The highest BCUT2D eigenvalue weighted by atomic mass is 32.1. The van der Waals surface area contributed by atoms with Crippen LogP contribution in [0.2, 0.25) is 0 Å². The zero-order chi connectivity index (χ0) is 16.4. The molecule has 23 heavy (non-hydrogen) atoms. The number of ketones is 1. The third-order valence-electron chi connectivity index (χ3n) is 3.25. The number of H-pyrrole nitrogens is 1. The molecule has 0 aliphatic rings. The van der Waals surface area contributed by atoms with Crippen LogP contribution in [0.3, 0.4) is 0 Å². The summed E-state index contributed by atoms with van der Waals surface area (Å²) in [6.45, 7) is 4.04. The molecule has 2 aromatic heterocycles. The minimum atomic E-state index is -0.273. The number of hydrogen-bond acceptors (Lipinski definition) is 4. The first-order valence-corrected chi connectivity index (χ1v) is 7.91. The van der Waals surface area contributed by atoms with Gasteiger partial charge in [0.1, 0.15) is 0 Å². The Labute approximate surface area is 136 Å². The largest absolute Gasteiger partial charge is 0.461 e. The van der Waals surface area contributed by atoms with Crippen LogP contribution < -0.4 is 14.8 Å². The predicted molar refractivity (Wildman–Crippen MR) is 91.2 cm³/mol. The number of carbonyl (C=O) groups excluding carboxylic acids is 1. The fourth-order valence-electron chi connectivity index (χ4n) is 2.38. The van der Waals surface area contributed by atoms with E-state index in [-0.39, 0.29) is 17.1 Å². The molecule has 0 radical (unpaired) electrons. The van der Waals surface area contributed by atoms with Gasteiger partial charge in [0.25, 0.3) is 5.56 Å². The molecule has 0 fully saturated rings. The van der Waals surface area contributed by atoms with Crippen molar-refractivity contribution in [1.29, 1.82) is 0 Å². The molecule has 1 N–H and O–H groups in total. The molecule has 5 heteroatoms. The Morgan fingerprint density at radius 1 is 1.22 bits per heavy atom. The molecule has 0 aliphatic carbocycles. The first-order valence-electron chi connectivity index (χ1n) is 7.10. The molecule has 0 unspecified atom stereocenters. The maximum absolute atomic E-state index is 12.1. The number of Topliss-reactive ketones (excluding diaryl/α,β-unsaturated/α-hetero) is 1. The van der Waals surface area contributed by atoms with Gasteiger partial charge in [0, 0.05) is 6.08 Å². The zero-order valence-electron chi connectivity index (χ0n) is 12.8. The number of hydrogen-bond donors (Lipinski definition) is 1. The van der Waals surface area contributed by atoms with Crippen molar-refractivity contribution < 1.29 is 9.21 Å². The number of furan rings is 1. The minimum Gasteiger partial charge on any atom is -0.461 e. The lowest BCUT2D eigenvalue weighted by Crippen LogP contribution is -2.20. The number of carbonyl (C=O) groups is 1. The normalized spacial score (nSPS) is 12.8. The molecule has 3 rings (SSSR count). The molecule has 0 saturated carbocycles. The first-order chi connectivity index (χ1) is 11.0. The second-order valence-electron chi connectivity index (χ2n) is 5.34. The van der Waals surface area contributed by atoms with Gasteiger partial charge in [-0.1, -0.05) is 29.3 Å². The van der Waals surface area contributed by atoms with E-state index in [1.807, 2.05) is 32.1 Å². The molecule has 0 bridgehead atoms. The molecule has 3 aromatic rings. The van der Waals surface area contributed by atoms with Gasteiger partial charge in [-0.3, -0.25) is 9.59 Å². The molecule has 1 aromatic carbocycles. The van der Waals surface area contributed by atoms with Crippen molar-refractivity contribution in [3.05, 3.63) is 78.6 Å². The molecule has 4 nitrogen and oxygen atoms in total. The van der Waals surface area contributed by atoms with Gasteiger partial charge in [0.05, 0.1) is 15.5 Å². The van der Waals surface area contributed by atoms with Gasteiger partial charge in [-0.15, -0.1) is 11.3 Å². The number of aryl methyl sites for hydroxylation is 2. The average molecular weight is 325 g/mol. The van der Waals surface area contributed by atoms with Crippen molar-refractivity contribution in [1.82, 2.24) is 4.98 Å². The number of aromatic amines is 1. The van der Waals surface area contributed by atoms with Crippen molar-refractivity contribution in [3.63, 3.8) is 0 Å². The summed E-state index contributed by atoms with van der Waals surface area (Å²) in [4.78, 5) is 26.7. The number of rotatable bonds is 3. The van der Waals surface area contributed by atoms with Crippen molar-refractivity contribution >= 4 is 29.3 Å². The van der Waals surface area contributed by atoms with Gasteiger partial charge in [0.2, 0.25) is 5.78 Å². The van der Waals surface area contributed by atoms with E-state index in [4.69, 9.17) is 4.42 Å². The van der Waals surface area contributed by atoms with Crippen LogP contribution in [0, 0.1) is 13.8 Å². The quantitative estimate of drug-likeness (QED) is 0.751. The second-order valence-corrected chi connectivity index (χ2v) is 6.42. The van der Waals surface area contributed by atoms with E-state index in [2.05, 4.69) is 11.1 Å². The lowest BCUT2D eigenvalue weighted by atomic mass is 10.1. The van der Waals surface area contributed by atoms with Crippen LogP contribution in [0.4, 0.5) is 0 Å². The molecule has 0 saturated heterocycles. The predicted octanol–water partition coefficient (Wildman–Crippen LogP) is 2.14. The molecule has 0 atom stereocenters. The van der Waals surface area contributed by atoms with E-state index in [1.54, 1.807) is 12.1 Å². The summed E-state index contributed by atoms with van der Waals surface area (Å²) in [7, 11) is 0. The summed E-state index contributed by atoms with van der Waals surface area (Å²) in [5.74, 6) is -0.0236. The number of thiazole rings is 1. The summed E-state index contributed by atoms with van der Waals surface area (Å²) in [5, 5.41) is 0. The van der Waals surface area contributed by atoms with Crippen molar-refractivity contribution in [3.8, 4) is 0 Å². The smallest absolute Gasteiger partial charge is 0.266 e. The lowest BCUT2D eigenvalue weighted by Gasteiger charge is -1.98. The van der Waals surface area contributed by atoms with E-state index in [9.17, 15) is 9.59 Å². The number of nitrogens with one attached hydrogen (secondary N) is 1. The van der Waals surface area contributed by atoms with E-state index in [1.165, 1.54) is 23.7 Å². The maximum Gasteiger partial charge on any atom is 0.266 e. The average Bonchev–Trinajstić information content (AvgIpc) is 3.08. The topological polar surface area (TPSA) is 63.1 Å². The Morgan fingerprint density at radius 2 is 1.96 bits per heavy atom. The summed E-state index contributed by atoms with van der Waals surface area (Å²) < 4.78 is 6.12. The molecule has 0 aliphatic heterocycles. The van der Waals surface area contributed by atoms with Crippen LogP contribution in [0.1, 0.15) is 27.2 Å². The third-order valence-corrected chi connectivity index (χ3v) is 4.21. The lowest BCUT2D eigenvalue weighted by molar-refractivity contribution is 0.103. The minimum absolute atomic E-state index is 0.201. The molecule has 2 heterocycles. The van der Waals surface area contributed by atoms with Gasteiger partial charge in [-0.05, 0) is 37.6 Å². The summed E-state index contributed by atoms with van der Waals surface area (Å²) in [6, 6.07) is 9.36. The van der Waals surface area contributed by atoms with Crippen LogP contribution in [0.25, 0.3) is 12.2 Å². The van der Waals surface area contributed by atoms with E-state index >= 15 is 0 Å². The Bertz CT molecular complexity index is 1000. The molecular weight excluding hydrogens is 310 g/mol. The van der Waals surface area contributed by atoms with Crippen molar-refractivity contribution in [2.45, 2.75) is 13.8 Å². The summed E-state index contributed by atoms with van der Waals surface area (Å²) in [5.41, 5.74) is 3.06. The highest BCUT2D eigenvalue weighted by Crippen LogP contribution is 2.09. The van der Waals surface area contributed by atoms with Gasteiger partial charge in [-0.25, -0.2) is 0 Å². The van der Waals surface area contributed by atoms with Crippen LogP contribution in [0.5, 0.6) is 0 Å². The Morgan fingerprint density at radius 3 is 2.61 bits per heavy atom. The fourth-order valence-corrected chi connectivity index (χ4v) is 3.26. The van der Waals surface area contributed by atoms with Gasteiger partial charge >= 0.3 is 0 Å². The van der Waals surface area contributed by atoms with Gasteiger partial charge in [-0.2, -0.15) is 0 Å². The number of aromatic nitrogens is 1. The van der Waals surface area contributed by atoms with Crippen LogP contribution in [-0.4, -0.2) is 10.8 Å². The first kappa shape index (κ1) is 15.2. The van der Waals surface area contributed by atoms with Crippen molar-refractivity contribution in [2.75, 3.05) is 0 Å². The Balaban J connectivity index is 2.03. The summed E-state index contributed by atoms with van der Waals surface area (Å²) in [6.07, 6.45) is 4.65. The Kier molecular flexibility index (Phi) is 4.12. The van der Waals surface area contributed by atoms with Crippen molar-refractivity contribution in [2.24, 2.45) is 0 Å². The highest BCUT2D eigenvalue weighted by Gasteiger charge is 2.05. The molecule has 116 valence electrons. The van der Waals surface area contributed by atoms with Crippen LogP contribution >= 0.6 is 11.3 Å². The molecule has 0 amide bonds. The van der Waals surface area contributed by atoms with Gasteiger partial charge in [0.15, 0.2) is 5.76 Å². The van der Waals surface area contributed by atoms with E-state index < -0.39 is 0 Å². The SMILES string of the molecule is Cc1cc(C)cc(/C=c2/s/c(=C\C(=O)c3ccco3)[nH]c2=O)c1. The second kappa shape index (κ2) is 6.22.